The first-order valence-corrected chi connectivity index (χ1v) is 8.20. The third kappa shape index (κ3) is 4.44. The Morgan fingerprint density at radius 2 is 1.68 bits per heavy atom. The molecule has 3 aromatic rings. The van der Waals surface area contributed by atoms with Crippen molar-refractivity contribution in [3.05, 3.63) is 84.7 Å². The fraction of sp³-hybridized carbons (Fsp3) is 0.143. The first-order valence-electron chi connectivity index (χ1n) is 8.20. The van der Waals surface area contributed by atoms with E-state index in [4.69, 9.17) is 4.74 Å². The number of nitrogens with zero attached hydrogens (tertiary/aromatic N) is 1. The van der Waals surface area contributed by atoms with Crippen LogP contribution in [0.4, 0.5) is 0 Å². The number of carbonyl (C=O) groups is 1. The van der Waals surface area contributed by atoms with Gasteiger partial charge in [0, 0.05) is 18.0 Å². The molecule has 0 spiro atoms. The second kappa shape index (κ2) is 8.11. The lowest BCUT2D eigenvalue weighted by molar-refractivity contribution is -0.123. The van der Waals surface area contributed by atoms with Crippen LogP contribution in [0, 0.1) is 0 Å². The van der Waals surface area contributed by atoms with E-state index >= 15 is 0 Å². The van der Waals surface area contributed by atoms with Crippen LogP contribution in [0.1, 0.15) is 18.5 Å². The number of ether oxygens (including phenoxy) is 1. The molecule has 4 nitrogen and oxygen atoms in total. The average Bonchev–Trinajstić information content (AvgIpc) is 2.68. The number of nitrogens with one attached hydrogen (secondary N) is 1. The van der Waals surface area contributed by atoms with Gasteiger partial charge in [-0.25, -0.2) is 0 Å². The van der Waals surface area contributed by atoms with Crippen LogP contribution in [0.2, 0.25) is 0 Å². The van der Waals surface area contributed by atoms with Crippen LogP contribution in [0.25, 0.3) is 11.1 Å². The maximum atomic E-state index is 12.2. The van der Waals surface area contributed by atoms with Crippen molar-refractivity contribution in [1.82, 2.24) is 10.3 Å². The molecule has 2 aromatic carbocycles. The van der Waals surface area contributed by atoms with Crippen LogP contribution in [0.3, 0.4) is 0 Å². The highest BCUT2D eigenvalue weighted by molar-refractivity contribution is 5.78. The molecule has 1 aromatic heterocycles. The number of aromatic nitrogens is 1. The van der Waals surface area contributed by atoms with Gasteiger partial charge in [0.05, 0.1) is 6.04 Å². The van der Waals surface area contributed by atoms with E-state index in [2.05, 4.69) is 10.3 Å². The minimum absolute atomic E-state index is 0.0285. The zero-order chi connectivity index (χ0) is 17.5. The van der Waals surface area contributed by atoms with E-state index in [1.54, 1.807) is 12.4 Å². The molecule has 3 rings (SSSR count). The molecule has 126 valence electrons. The number of amides is 1. The molecule has 1 atom stereocenters. The van der Waals surface area contributed by atoms with Crippen LogP contribution in [-0.2, 0) is 4.79 Å². The van der Waals surface area contributed by atoms with Crippen LogP contribution in [0.15, 0.2) is 79.1 Å². The Bertz CT molecular complexity index is 820. The predicted molar refractivity (Wildman–Crippen MR) is 98.2 cm³/mol. The third-order valence-electron chi connectivity index (χ3n) is 3.91. The molecule has 0 radical (unpaired) electrons. The Hall–Kier alpha value is -3.14. The zero-order valence-corrected chi connectivity index (χ0v) is 14.1. The number of pyridine rings is 1. The van der Waals surface area contributed by atoms with Gasteiger partial charge in [0.25, 0.3) is 5.91 Å². The van der Waals surface area contributed by atoms with Crippen molar-refractivity contribution in [3.63, 3.8) is 0 Å². The van der Waals surface area contributed by atoms with Crippen molar-refractivity contribution in [2.24, 2.45) is 0 Å². The van der Waals surface area contributed by atoms with Gasteiger partial charge in [0.1, 0.15) is 5.75 Å². The smallest absolute Gasteiger partial charge is 0.258 e. The summed E-state index contributed by atoms with van der Waals surface area (Å²) in [5.74, 6) is 0.535. The summed E-state index contributed by atoms with van der Waals surface area (Å²) in [5.41, 5.74) is 3.04. The Morgan fingerprint density at radius 1 is 1.00 bits per heavy atom. The number of para-hydroxylation sites is 1. The lowest BCUT2D eigenvalue weighted by atomic mass is 10.1. The normalized spacial score (nSPS) is 11.6. The highest BCUT2D eigenvalue weighted by Gasteiger charge is 2.11. The number of benzene rings is 2. The molecule has 0 saturated heterocycles. The number of hydrogen-bond acceptors (Lipinski definition) is 3. The van der Waals surface area contributed by atoms with Crippen molar-refractivity contribution in [1.29, 1.82) is 0 Å². The minimum atomic E-state index is -0.160. The van der Waals surface area contributed by atoms with Gasteiger partial charge in [-0.15, -0.1) is 0 Å². The van der Waals surface area contributed by atoms with Gasteiger partial charge >= 0.3 is 0 Å². The summed E-state index contributed by atoms with van der Waals surface area (Å²) in [6.45, 7) is 1.91. The van der Waals surface area contributed by atoms with Gasteiger partial charge in [0.15, 0.2) is 6.61 Å². The third-order valence-corrected chi connectivity index (χ3v) is 3.91. The summed E-state index contributed by atoms with van der Waals surface area (Å²) in [6.07, 6.45) is 3.43. The Kier molecular flexibility index (Phi) is 5.42. The van der Waals surface area contributed by atoms with Gasteiger partial charge in [-0.3, -0.25) is 9.78 Å². The highest BCUT2D eigenvalue weighted by atomic mass is 16.5. The maximum absolute atomic E-state index is 12.2. The summed E-state index contributed by atoms with van der Waals surface area (Å²) in [4.78, 5) is 16.2. The number of rotatable bonds is 6. The molecular formula is C21H20N2O2. The molecule has 0 aliphatic carbocycles. The predicted octanol–water partition coefficient (Wildman–Crippen LogP) is 4.00. The monoisotopic (exact) mass is 332 g/mol. The van der Waals surface area contributed by atoms with Gasteiger partial charge < -0.3 is 10.1 Å². The van der Waals surface area contributed by atoms with Crippen LogP contribution in [0.5, 0.6) is 5.75 Å². The van der Waals surface area contributed by atoms with Crippen molar-refractivity contribution < 1.29 is 9.53 Å². The molecule has 1 amide bonds. The molecule has 25 heavy (non-hydrogen) atoms. The van der Waals surface area contributed by atoms with Gasteiger partial charge in [0.2, 0.25) is 0 Å². The number of carbonyl (C=O) groups excluding carboxylic acids is 1. The standard InChI is InChI=1S/C21H20N2O2/c1-16(17-11-13-22-14-12-17)23-21(24)15-25-20-10-6-5-9-19(20)18-7-3-2-4-8-18/h2-14,16H,15H2,1H3,(H,23,24). The van der Waals surface area contributed by atoms with Crippen LogP contribution in [-0.4, -0.2) is 17.5 Å². The summed E-state index contributed by atoms with van der Waals surface area (Å²) >= 11 is 0. The van der Waals surface area contributed by atoms with Crippen molar-refractivity contribution >= 4 is 5.91 Å². The van der Waals surface area contributed by atoms with E-state index in [0.717, 1.165) is 16.7 Å². The molecule has 4 heteroatoms. The topological polar surface area (TPSA) is 51.2 Å². The van der Waals surface area contributed by atoms with E-state index in [9.17, 15) is 4.79 Å². The van der Waals surface area contributed by atoms with Gasteiger partial charge in [-0.2, -0.15) is 0 Å². The van der Waals surface area contributed by atoms with Crippen molar-refractivity contribution in [3.8, 4) is 16.9 Å². The second-order valence-electron chi connectivity index (χ2n) is 5.72. The molecule has 0 bridgehead atoms. The lowest BCUT2D eigenvalue weighted by Crippen LogP contribution is -2.31. The van der Waals surface area contributed by atoms with Gasteiger partial charge in [-0.1, -0.05) is 48.5 Å². The molecule has 1 N–H and O–H groups in total. The molecule has 0 fully saturated rings. The summed E-state index contributed by atoms with van der Waals surface area (Å²) in [7, 11) is 0. The Balaban J connectivity index is 1.63. The minimum Gasteiger partial charge on any atom is -0.483 e. The summed E-state index contributed by atoms with van der Waals surface area (Å²) in [6, 6.07) is 21.4. The van der Waals surface area contributed by atoms with Crippen LogP contribution >= 0.6 is 0 Å². The lowest BCUT2D eigenvalue weighted by Gasteiger charge is -2.15. The number of hydrogen-bond donors (Lipinski definition) is 1. The molecule has 0 aliphatic rings. The Morgan fingerprint density at radius 3 is 2.44 bits per heavy atom. The molecular weight excluding hydrogens is 312 g/mol. The summed E-state index contributed by atoms with van der Waals surface area (Å²) < 4.78 is 5.77. The van der Waals surface area contributed by atoms with E-state index in [-0.39, 0.29) is 18.6 Å². The maximum Gasteiger partial charge on any atom is 0.258 e. The van der Waals surface area contributed by atoms with Crippen molar-refractivity contribution in [2.75, 3.05) is 6.61 Å². The first-order chi connectivity index (χ1) is 12.2. The zero-order valence-electron chi connectivity index (χ0n) is 14.1. The molecule has 1 unspecified atom stereocenters. The average molecular weight is 332 g/mol. The highest BCUT2D eigenvalue weighted by Crippen LogP contribution is 2.29. The van der Waals surface area contributed by atoms with E-state index in [1.807, 2.05) is 73.7 Å². The van der Waals surface area contributed by atoms with E-state index in [1.165, 1.54) is 0 Å². The van der Waals surface area contributed by atoms with E-state index in [0.29, 0.717) is 5.75 Å². The molecule has 0 aliphatic heterocycles. The summed E-state index contributed by atoms with van der Waals surface area (Å²) in [5, 5.41) is 2.93. The molecule has 1 heterocycles. The van der Waals surface area contributed by atoms with Crippen molar-refractivity contribution in [2.45, 2.75) is 13.0 Å². The van der Waals surface area contributed by atoms with E-state index < -0.39 is 0 Å². The van der Waals surface area contributed by atoms with Crippen LogP contribution < -0.4 is 10.1 Å². The quantitative estimate of drug-likeness (QED) is 0.742. The fourth-order valence-corrected chi connectivity index (χ4v) is 2.61. The fourth-order valence-electron chi connectivity index (χ4n) is 2.61. The second-order valence-corrected chi connectivity index (χ2v) is 5.72. The first kappa shape index (κ1) is 16.7. The SMILES string of the molecule is CC(NC(=O)COc1ccccc1-c1ccccc1)c1ccncc1. The largest absolute Gasteiger partial charge is 0.483 e. The Labute approximate surface area is 147 Å². The van der Waals surface area contributed by atoms with Gasteiger partial charge in [-0.05, 0) is 36.2 Å². The molecule has 0 saturated carbocycles.